The SMILES string of the molecule is C=CCN(CC=C)[C@H]1c2cc(-c3ccccc3)cnc2Sc2nc(-c3cccnc3)nn21. The van der Waals surface area contributed by atoms with E-state index in [1.165, 1.54) is 11.8 Å². The van der Waals surface area contributed by atoms with Crippen molar-refractivity contribution in [1.82, 2.24) is 29.6 Å². The highest BCUT2D eigenvalue weighted by molar-refractivity contribution is 7.99. The number of rotatable bonds is 7. The van der Waals surface area contributed by atoms with Crippen LogP contribution < -0.4 is 0 Å². The van der Waals surface area contributed by atoms with Crippen LogP contribution in [0.2, 0.25) is 0 Å². The van der Waals surface area contributed by atoms with Gasteiger partial charge in [0.2, 0.25) is 0 Å². The summed E-state index contributed by atoms with van der Waals surface area (Å²) < 4.78 is 1.98. The number of benzene rings is 1. The summed E-state index contributed by atoms with van der Waals surface area (Å²) in [5.74, 6) is 0.652. The molecule has 158 valence electrons. The van der Waals surface area contributed by atoms with Gasteiger partial charge in [-0.1, -0.05) is 42.5 Å². The largest absolute Gasteiger partial charge is 0.271 e. The van der Waals surface area contributed by atoms with Crippen LogP contribution in [0.3, 0.4) is 0 Å². The van der Waals surface area contributed by atoms with Crippen molar-refractivity contribution in [2.45, 2.75) is 16.3 Å². The van der Waals surface area contributed by atoms with E-state index in [0.29, 0.717) is 18.9 Å². The van der Waals surface area contributed by atoms with Crippen molar-refractivity contribution < 1.29 is 0 Å². The topological polar surface area (TPSA) is 59.7 Å². The van der Waals surface area contributed by atoms with Gasteiger partial charge in [-0.05, 0) is 35.5 Å². The van der Waals surface area contributed by atoms with Gasteiger partial charge in [0, 0.05) is 48.4 Å². The van der Waals surface area contributed by atoms with E-state index in [9.17, 15) is 0 Å². The normalized spacial score (nSPS) is 14.6. The van der Waals surface area contributed by atoms with Gasteiger partial charge in [0.05, 0.1) is 0 Å². The van der Waals surface area contributed by atoms with Gasteiger partial charge in [-0.2, -0.15) is 0 Å². The summed E-state index contributed by atoms with van der Waals surface area (Å²) in [5, 5.41) is 6.64. The molecule has 0 N–H and O–H groups in total. The van der Waals surface area contributed by atoms with Crippen molar-refractivity contribution in [3.8, 4) is 22.5 Å². The summed E-state index contributed by atoms with van der Waals surface area (Å²) in [6.45, 7) is 9.27. The minimum atomic E-state index is -0.175. The summed E-state index contributed by atoms with van der Waals surface area (Å²) in [6, 6.07) is 16.4. The molecule has 4 heterocycles. The van der Waals surface area contributed by atoms with Gasteiger partial charge in [0.15, 0.2) is 11.0 Å². The van der Waals surface area contributed by atoms with E-state index in [0.717, 1.165) is 32.4 Å². The lowest BCUT2D eigenvalue weighted by Crippen LogP contribution is -2.36. The minimum Gasteiger partial charge on any atom is -0.271 e. The van der Waals surface area contributed by atoms with Gasteiger partial charge >= 0.3 is 0 Å². The molecule has 1 aliphatic rings. The van der Waals surface area contributed by atoms with Crippen molar-refractivity contribution in [2.75, 3.05) is 13.1 Å². The van der Waals surface area contributed by atoms with Gasteiger partial charge in [-0.25, -0.2) is 14.6 Å². The van der Waals surface area contributed by atoms with E-state index in [1.54, 1.807) is 12.4 Å². The molecule has 0 amide bonds. The standard InChI is InChI=1S/C25H22N6S/c1-3-13-30(14-4-2)24-21-15-20(18-9-6-5-7-10-18)17-27-23(21)32-25-28-22(29-31(24)25)19-11-8-12-26-16-19/h3-12,15-17,24H,1-2,13-14H2/t24-/m1/s1. The molecule has 0 aliphatic carbocycles. The molecule has 3 aromatic heterocycles. The first-order chi connectivity index (χ1) is 15.8. The molecule has 0 saturated heterocycles. The van der Waals surface area contributed by atoms with Gasteiger partial charge < -0.3 is 0 Å². The maximum Gasteiger partial charge on any atom is 0.194 e. The average molecular weight is 439 g/mol. The second-order valence-corrected chi connectivity index (χ2v) is 8.35. The van der Waals surface area contributed by atoms with Gasteiger partial charge in [-0.3, -0.25) is 9.88 Å². The van der Waals surface area contributed by atoms with Gasteiger partial charge in [0.1, 0.15) is 11.2 Å². The third-order valence-corrected chi connectivity index (χ3v) is 6.27. The van der Waals surface area contributed by atoms with E-state index in [-0.39, 0.29) is 6.17 Å². The maximum absolute atomic E-state index is 4.90. The van der Waals surface area contributed by atoms with E-state index in [1.807, 2.05) is 53.4 Å². The Balaban J connectivity index is 1.66. The van der Waals surface area contributed by atoms with Gasteiger partial charge in [0.25, 0.3) is 0 Å². The maximum atomic E-state index is 4.90. The Bertz CT molecular complexity index is 1240. The molecular weight excluding hydrogens is 416 g/mol. The molecule has 0 spiro atoms. The lowest BCUT2D eigenvalue weighted by molar-refractivity contribution is 0.180. The highest BCUT2D eigenvalue weighted by atomic mass is 32.2. The lowest BCUT2D eigenvalue weighted by atomic mass is 10.0. The molecule has 1 aromatic carbocycles. The quantitative estimate of drug-likeness (QED) is 0.375. The van der Waals surface area contributed by atoms with Gasteiger partial charge in [-0.15, -0.1) is 18.3 Å². The monoisotopic (exact) mass is 438 g/mol. The molecule has 1 atom stereocenters. The lowest BCUT2D eigenvalue weighted by Gasteiger charge is -2.34. The van der Waals surface area contributed by atoms with Crippen LogP contribution in [-0.4, -0.2) is 42.7 Å². The Kier molecular flexibility index (Phi) is 5.66. The molecule has 1 aliphatic heterocycles. The summed E-state index contributed by atoms with van der Waals surface area (Å²) in [4.78, 5) is 16.1. The Hall–Kier alpha value is -3.55. The predicted octanol–water partition coefficient (Wildman–Crippen LogP) is 5.09. The molecule has 0 radical (unpaired) electrons. The molecule has 32 heavy (non-hydrogen) atoms. The molecule has 7 heteroatoms. The van der Waals surface area contributed by atoms with Crippen LogP contribution in [0.5, 0.6) is 0 Å². The summed E-state index contributed by atoms with van der Waals surface area (Å²) in [6.07, 6.45) is 9.09. The summed E-state index contributed by atoms with van der Waals surface area (Å²) in [5.41, 5.74) is 4.18. The Morgan fingerprint density at radius 3 is 2.47 bits per heavy atom. The van der Waals surface area contributed by atoms with Crippen LogP contribution in [-0.2, 0) is 0 Å². The number of nitrogens with zero attached hydrogens (tertiary/aromatic N) is 6. The van der Waals surface area contributed by atoms with Crippen molar-refractivity contribution in [3.63, 3.8) is 0 Å². The predicted molar refractivity (Wildman–Crippen MR) is 127 cm³/mol. The third-order valence-electron chi connectivity index (χ3n) is 5.28. The Morgan fingerprint density at radius 1 is 0.969 bits per heavy atom. The molecule has 0 unspecified atom stereocenters. The number of fused-ring (bicyclic) bond motifs is 2. The third kappa shape index (κ3) is 3.77. The van der Waals surface area contributed by atoms with Crippen LogP contribution in [0, 0.1) is 0 Å². The highest BCUT2D eigenvalue weighted by Gasteiger charge is 2.34. The van der Waals surface area contributed by atoms with Crippen molar-refractivity contribution in [3.05, 3.63) is 98.0 Å². The first-order valence-electron chi connectivity index (χ1n) is 10.3. The first kappa shape index (κ1) is 20.4. The molecular formula is C25H22N6S. The highest BCUT2D eigenvalue weighted by Crippen LogP contribution is 2.42. The zero-order valence-corrected chi connectivity index (χ0v) is 18.3. The second-order valence-electron chi connectivity index (χ2n) is 7.40. The summed E-state index contributed by atoms with van der Waals surface area (Å²) in [7, 11) is 0. The van der Waals surface area contributed by atoms with Crippen molar-refractivity contribution in [1.29, 1.82) is 0 Å². The fraction of sp³-hybridized carbons (Fsp3) is 0.120. The van der Waals surface area contributed by atoms with Crippen LogP contribution >= 0.6 is 11.8 Å². The second kappa shape index (κ2) is 8.90. The Labute approximate surface area is 191 Å². The van der Waals surface area contributed by atoms with Crippen molar-refractivity contribution >= 4 is 11.8 Å². The zero-order valence-electron chi connectivity index (χ0n) is 17.5. The fourth-order valence-corrected chi connectivity index (χ4v) is 4.79. The molecule has 0 fully saturated rings. The van der Waals surface area contributed by atoms with E-state index in [4.69, 9.17) is 15.1 Å². The van der Waals surface area contributed by atoms with Crippen LogP contribution in [0.1, 0.15) is 11.7 Å². The molecule has 6 nitrogen and oxygen atoms in total. The van der Waals surface area contributed by atoms with Crippen LogP contribution in [0.15, 0.2) is 103 Å². The fourth-order valence-electron chi connectivity index (χ4n) is 3.86. The minimum absolute atomic E-state index is 0.175. The van der Waals surface area contributed by atoms with Crippen molar-refractivity contribution in [2.24, 2.45) is 0 Å². The van der Waals surface area contributed by atoms with E-state index in [2.05, 4.69) is 41.2 Å². The Morgan fingerprint density at radius 2 is 1.75 bits per heavy atom. The van der Waals surface area contributed by atoms with Crippen LogP contribution in [0.4, 0.5) is 0 Å². The number of pyridine rings is 2. The van der Waals surface area contributed by atoms with E-state index >= 15 is 0 Å². The van der Waals surface area contributed by atoms with Crippen LogP contribution in [0.25, 0.3) is 22.5 Å². The number of aromatic nitrogens is 5. The average Bonchev–Trinajstić information content (AvgIpc) is 3.27. The van der Waals surface area contributed by atoms with E-state index < -0.39 is 0 Å². The number of hydrogen-bond donors (Lipinski definition) is 0. The summed E-state index contributed by atoms with van der Waals surface area (Å²) >= 11 is 1.54. The molecule has 0 bridgehead atoms. The molecule has 0 saturated carbocycles. The molecule has 4 aromatic rings. The molecule has 5 rings (SSSR count). The number of hydrogen-bond acceptors (Lipinski definition) is 6. The first-order valence-corrected chi connectivity index (χ1v) is 11.2. The zero-order chi connectivity index (χ0) is 21.9. The smallest absolute Gasteiger partial charge is 0.194 e.